The van der Waals surface area contributed by atoms with E-state index in [-0.39, 0.29) is 22.9 Å². The topological polar surface area (TPSA) is 57.5 Å². The highest BCUT2D eigenvalue weighted by molar-refractivity contribution is 5.82. The van der Waals surface area contributed by atoms with Crippen molar-refractivity contribution in [1.29, 1.82) is 0 Å². The molecule has 0 radical (unpaired) electrons. The minimum absolute atomic E-state index is 0.174. The van der Waals surface area contributed by atoms with Crippen LogP contribution in [0.15, 0.2) is 0 Å². The third-order valence-electron chi connectivity index (χ3n) is 9.80. The molecule has 0 aromatic carbocycles. The first-order valence-corrected chi connectivity index (χ1v) is 11.4. The van der Waals surface area contributed by atoms with Crippen LogP contribution in [0.2, 0.25) is 0 Å². The lowest BCUT2D eigenvalue weighted by Gasteiger charge is -2.60. The Balaban J connectivity index is 1.51. The summed E-state index contributed by atoms with van der Waals surface area (Å²) in [5, 5.41) is 19.5. The molecular weight excluding hydrogens is 381 g/mol. The molecule has 9 atom stereocenters. The van der Waals surface area contributed by atoms with E-state index in [4.69, 9.17) is 0 Å². The van der Waals surface area contributed by atoms with Gasteiger partial charge in [0.25, 0.3) is 0 Å². The lowest BCUT2D eigenvalue weighted by Crippen LogP contribution is -2.54. The van der Waals surface area contributed by atoms with Crippen molar-refractivity contribution in [2.24, 2.45) is 40.4 Å². The van der Waals surface area contributed by atoms with Crippen molar-refractivity contribution >= 4 is 5.78 Å². The number of aliphatic hydroxyl groups is 2. The molecule has 0 spiro atoms. The van der Waals surface area contributed by atoms with Gasteiger partial charge in [0.15, 0.2) is 6.10 Å². The lowest BCUT2D eigenvalue weighted by atomic mass is 9.44. The van der Waals surface area contributed by atoms with Crippen molar-refractivity contribution in [3.8, 4) is 0 Å². The van der Waals surface area contributed by atoms with Gasteiger partial charge in [-0.25, -0.2) is 0 Å². The molecule has 29 heavy (non-hydrogen) atoms. The van der Waals surface area contributed by atoms with E-state index in [0.29, 0.717) is 30.1 Å². The zero-order chi connectivity index (χ0) is 21.2. The molecule has 0 aromatic heterocycles. The monoisotopic (exact) mass is 416 g/mol. The Bertz CT molecular complexity index is 650. The van der Waals surface area contributed by atoms with Crippen LogP contribution in [0.1, 0.15) is 78.1 Å². The maximum Gasteiger partial charge on any atom is 0.414 e. The molecule has 6 heteroatoms. The number of fused-ring (bicyclic) bond motifs is 5. The number of alkyl halides is 3. The van der Waals surface area contributed by atoms with Crippen molar-refractivity contribution in [3.63, 3.8) is 0 Å². The van der Waals surface area contributed by atoms with Crippen LogP contribution in [0, 0.1) is 40.4 Å². The van der Waals surface area contributed by atoms with Crippen molar-refractivity contribution in [2.45, 2.75) is 96.4 Å². The summed E-state index contributed by atoms with van der Waals surface area (Å²) < 4.78 is 38.3. The first-order valence-electron chi connectivity index (χ1n) is 11.4. The van der Waals surface area contributed by atoms with Gasteiger partial charge < -0.3 is 10.2 Å². The molecule has 166 valence electrons. The van der Waals surface area contributed by atoms with Gasteiger partial charge in [0.1, 0.15) is 5.78 Å². The summed E-state index contributed by atoms with van der Waals surface area (Å²) >= 11 is 0. The maximum absolute atomic E-state index is 12.8. The summed E-state index contributed by atoms with van der Waals surface area (Å²) in [6, 6.07) is 0. The number of hydrogen-bond acceptors (Lipinski definition) is 3. The third kappa shape index (κ3) is 3.46. The molecule has 0 heterocycles. The largest absolute Gasteiger partial charge is 0.414 e. The Labute approximate surface area is 171 Å². The fourth-order valence-electron chi connectivity index (χ4n) is 8.21. The lowest BCUT2D eigenvalue weighted by molar-refractivity contribution is -0.206. The molecule has 4 rings (SSSR count). The molecule has 0 aliphatic heterocycles. The Kier molecular flexibility index (Phi) is 5.38. The highest BCUT2D eigenvalue weighted by atomic mass is 19.4. The van der Waals surface area contributed by atoms with Crippen LogP contribution in [-0.4, -0.2) is 34.4 Å². The number of ketones is 1. The number of halogens is 3. The van der Waals surface area contributed by atoms with Gasteiger partial charge in [0.2, 0.25) is 0 Å². The van der Waals surface area contributed by atoms with Gasteiger partial charge in [-0.2, -0.15) is 13.2 Å². The second kappa shape index (κ2) is 7.22. The van der Waals surface area contributed by atoms with Crippen LogP contribution in [0.3, 0.4) is 0 Å². The van der Waals surface area contributed by atoms with Crippen molar-refractivity contribution < 1.29 is 28.2 Å². The highest BCUT2D eigenvalue weighted by Crippen LogP contribution is 2.67. The zero-order valence-corrected chi connectivity index (χ0v) is 17.5. The van der Waals surface area contributed by atoms with Crippen LogP contribution >= 0.6 is 0 Å². The maximum atomic E-state index is 12.8. The van der Waals surface area contributed by atoms with Gasteiger partial charge in [0, 0.05) is 12.3 Å². The number of carbonyl (C=O) groups is 1. The molecule has 4 saturated carbocycles. The van der Waals surface area contributed by atoms with Gasteiger partial charge >= 0.3 is 6.18 Å². The van der Waals surface area contributed by atoms with Crippen LogP contribution in [0.25, 0.3) is 0 Å². The molecule has 0 unspecified atom stereocenters. The quantitative estimate of drug-likeness (QED) is 0.689. The predicted molar refractivity (Wildman–Crippen MR) is 103 cm³/mol. The zero-order valence-electron chi connectivity index (χ0n) is 17.5. The summed E-state index contributed by atoms with van der Waals surface area (Å²) in [5.41, 5.74) is 0.0129. The average Bonchev–Trinajstić information content (AvgIpc) is 2.98. The van der Waals surface area contributed by atoms with E-state index >= 15 is 0 Å². The SMILES string of the molecule is C[C@]12CC[C@H](O)C[C@@H]1CC[C@H]1[C@H]2CC[C@]2(C)[C@@H]1CC[C@H]2C(=O)C[C@H](O)C(F)(F)F. The minimum atomic E-state index is -4.73. The molecule has 2 N–H and O–H groups in total. The number of carbonyl (C=O) groups excluding carboxylic acids is 1. The fourth-order valence-corrected chi connectivity index (χ4v) is 8.21. The van der Waals surface area contributed by atoms with E-state index in [1.807, 2.05) is 0 Å². The molecular formula is C23H35F3O3. The van der Waals surface area contributed by atoms with Crippen LogP contribution in [0.5, 0.6) is 0 Å². The minimum Gasteiger partial charge on any atom is -0.393 e. The second-order valence-corrected chi connectivity index (χ2v) is 11.0. The highest BCUT2D eigenvalue weighted by Gasteiger charge is 2.61. The van der Waals surface area contributed by atoms with E-state index in [0.717, 1.165) is 51.4 Å². The average molecular weight is 417 g/mol. The summed E-state index contributed by atoms with van der Waals surface area (Å²) in [6.07, 6.45) is 0.310. The van der Waals surface area contributed by atoms with Crippen LogP contribution < -0.4 is 0 Å². The molecule has 4 fully saturated rings. The Morgan fingerprint density at radius 2 is 1.66 bits per heavy atom. The molecule has 4 aliphatic rings. The molecule has 3 nitrogen and oxygen atoms in total. The summed E-state index contributed by atoms with van der Waals surface area (Å²) in [4.78, 5) is 12.8. The summed E-state index contributed by atoms with van der Waals surface area (Å²) in [6.45, 7) is 4.53. The van der Waals surface area contributed by atoms with Gasteiger partial charge in [-0.3, -0.25) is 4.79 Å². The Morgan fingerprint density at radius 1 is 1.00 bits per heavy atom. The molecule has 0 aromatic rings. The number of rotatable bonds is 3. The van der Waals surface area contributed by atoms with Crippen LogP contribution in [-0.2, 0) is 4.79 Å². The van der Waals surface area contributed by atoms with E-state index in [2.05, 4.69) is 13.8 Å². The van der Waals surface area contributed by atoms with Gasteiger partial charge in [-0.1, -0.05) is 13.8 Å². The molecule has 0 amide bonds. The van der Waals surface area contributed by atoms with E-state index < -0.39 is 24.5 Å². The van der Waals surface area contributed by atoms with Crippen molar-refractivity contribution in [3.05, 3.63) is 0 Å². The van der Waals surface area contributed by atoms with E-state index in [1.54, 1.807) is 0 Å². The van der Waals surface area contributed by atoms with E-state index in [9.17, 15) is 28.2 Å². The first kappa shape index (κ1) is 21.6. The van der Waals surface area contributed by atoms with Gasteiger partial charge in [-0.15, -0.1) is 0 Å². The standard InChI is InChI=1S/C23H35F3O3/c1-21-9-7-14(27)11-13(21)3-4-15-16-5-6-18(22(16,2)10-8-17(15)21)19(28)12-20(29)23(24,25)26/h13-18,20,27,29H,3-12H2,1-2H3/t13-,14-,15+,16+,17+,18-,20-,21-,22+/m0/s1. The van der Waals surface area contributed by atoms with Gasteiger partial charge in [0.05, 0.1) is 6.10 Å². The van der Waals surface area contributed by atoms with Crippen molar-refractivity contribution in [1.82, 2.24) is 0 Å². The molecule has 0 bridgehead atoms. The number of Topliss-reactive ketones (excluding diaryl/α,β-unsaturated/α-hetero) is 1. The van der Waals surface area contributed by atoms with Gasteiger partial charge in [-0.05, 0) is 92.3 Å². The van der Waals surface area contributed by atoms with Crippen LogP contribution in [0.4, 0.5) is 13.2 Å². The predicted octanol–water partition coefficient (Wildman–Crippen LogP) is 4.89. The third-order valence-corrected chi connectivity index (χ3v) is 9.80. The number of aliphatic hydroxyl groups excluding tert-OH is 2. The molecule has 4 aliphatic carbocycles. The normalized spacial score (nSPS) is 48.4. The summed E-state index contributed by atoms with van der Waals surface area (Å²) in [5.74, 6) is 1.33. The summed E-state index contributed by atoms with van der Waals surface area (Å²) in [7, 11) is 0. The molecule has 0 saturated heterocycles. The Hall–Kier alpha value is -0.620. The number of hydrogen-bond donors (Lipinski definition) is 2. The van der Waals surface area contributed by atoms with E-state index in [1.165, 1.54) is 0 Å². The Morgan fingerprint density at radius 3 is 2.34 bits per heavy atom. The first-order chi connectivity index (χ1) is 13.5. The van der Waals surface area contributed by atoms with Crippen molar-refractivity contribution in [2.75, 3.05) is 0 Å². The smallest absolute Gasteiger partial charge is 0.393 e. The second-order valence-electron chi connectivity index (χ2n) is 11.0. The fraction of sp³-hybridized carbons (Fsp3) is 0.957.